The van der Waals surface area contributed by atoms with Gasteiger partial charge in [0, 0.05) is 10.6 Å². The maximum atomic E-state index is 12.6. The van der Waals surface area contributed by atoms with Crippen molar-refractivity contribution in [2.45, 2.75) is 6.92 Å². The third-order valence-corrected chi connectivity index (χ3v) is 3.71. The maximum absolute atomic E-state index is 12.6. The minimum Gasteiger partial charge on any atom is -0.493 e. The highest BCUT2D eigenvalue weighted by Crippen LogP contribution is 2.26. The van der Waals surface area contributed by atoms with E-state index < -0.39 is 11.8 Å². The lowest BCUT2D eigenvalue weighted by Gasteiger charge is -2.14. The fourth-order valence-electron chi connectivity index (χ4n) is 2.40. The molecule has 2 aromatic rings. The van der Waals surface area contributed by atoms with Crippen LogP contribution in [0.5, 0.6) is 5.75 Å². The molecule has 24 heavy (non-hydrogen) atoms. The van der Waals surface area contributed by atoms with E-state index in [4.69, 9.17) is 16.3 Å². The first-order valence-corrected chi connectivity index (χ1v) is 7.82. The Morgan fingerprint density at radius 2 is 1.96 bits per heavy atom. The summed E-state index contributed by atoms with van der Waals surface area (Å²) in [5, 5.41) is 1.66. The molecule has 1 aliphatic rings. The molecule has 6 heteroatoms. The van der Waals surface area contributed by atoms with Crippen LogP contribution in [-0.4, -0.2) is 18.4 Å². The van der Waals surface area contributed by atoms with E-state index in [9.17, 15) is 9.59 Å². The Morgan fingerprint density at radius 1 is 1.17 bits per heavy atom. The first-order chi connectivity index (χ1) is 11.6. The third kappa shape index (κ3) is 3.12. The fraction of sp³-hybridized carbons (Fsp3) is 0.111. The van der Waals surface area contributed by atoms with Gasteiger partial charge < -0.3 is 4.74 Å². The third-order valence-electron chi connectivity index (χ3n) is 3.48. The second kappa shape index (κ2) is 6.76. The largest absolute Gasteiger partial charge is 0.493 e. The molecule has 2 aromatic carbocycles. The van der Waals surface area contributed by atoms with E-state index >= 15 is 0 Å². The summed E-state index contributed by atoms with van der Waals surface area (Å²) in [6.07, 6.45) is 1.53. The minimum atomic E-state index is -0.466. The topological polar surface area (TPSA) is 58.6 Å². The first kappa shape index (κ1) is 16.1. The number of carbonyl (C=O) groups excluding carboxylic acids is 2. The highest BCUT2D eigenvalue weighted by molar-refractivity contribution is 6.33. The molecule has 0 unspecified atom stereocenters. The number of hydrazine groups is 1. The summed E-state index contributed by atoms with van der Waals surface area (Å²) < 4.78 is 5.53. The van der Waals surface area contributed by atoms with Crippen LogP contribution < -0.4 is 15.2 Å². The number of amides is 2. The maximum Gasteiger partial charge on any atom is 0.282 e. The standard InChI is InChI=1S/C18H15ClN2O3/c1-2-24-16-9-4-3-6-12(16)10-15-17(22)20-21(18(15)23)14-8-5-7-13(19)11-14/h3-11H,2H2,1H3,(H,20,22)/b15-10+. The second-order valence-electron chi connectivity index (χ2n) is 5.09. The molecule has 0 radical (unpaired) electrons. The average Bonchev–Trinajstić information content (AvgIpc) is 2.85. The monoisotopic (exact) mass is 342 g/mol. The van der Waals surface area contributed by atoms with E-state index in [0.717, 1.165) is 0 Å². The molecule has 0 spiro atoms. The van der Waals surface area contributed by atoms with Gasteiger partial charge in [-0.25, -0.2) is 5.01 Å². The normalized spacial score (nSPS) is 15.8. The first-order valence-electron chi connectivity index (χ1n) is 7.44. The lowest BCUT2D eigenvalue weighted by atomic mass is 10.1. The molecule has 1 heterocycles. The number of nitrogens with zero attached hydrogens (tertiary/aromatic N) is 1. The zero-order chi connectivity index (χ0) is 17.1. The van der Waals surface area contributed by atoms with Crippen molar-refractivity contribution < 1.29 is 14.3 Å². The number of ether oxygens (including phenoxy) is 1. The van der Waals surface area contributed by atoms with Gasteiger partial charge in [0.2, 0.25) is 0 Å². The summed E-state index contributed by atoms with van der Waals surface area (Å²) >= 11 is 5.95. The van der Waals surface area contributed by atoms with E-state index in [0.29, 0.717) is 28.6 Å². The van der Waals surface area contributed by atoms with E-state index in [1.54, 1.807) is 36.4 Å². The van der Waals surface area contributed by atoms with Gasteiger partial charge >= 0.3 is 0 Å². The molecular formula is C18H15ClN2O3. The Bertz CT molecular complexity index is 833. The van der Waals surface area contributed by atoms with Crippen LogP contribution in [0.3, 0.4) is 0 Å². The Hall–Kier alpha value is -2.79. The van der Waals surface area contributed by atoms with Gasteiger partial charge in [-0.1, -0.05) is 35.9 Å². The summed E-state index contributed by atoms with van der Waals surface area (Å²) in [5.41, 5.74) is 3.76. The number of nitrogens with one attached hydrogen (secondary N) is 1. The lowest BCUT2D eigenvalue weighted by molar-refractivity contribution is -0.117. The summed E-state index contributed by atoms with van der Waals surface area (Å²) in [6, 6.07) is 14.0. The fourth-order valence-corrected chi connectivity index (χ4v) is 2.58. The van der Waals surface area contributed by atoms with Crippen molar-refractivity contribution in [1.29, 1.82) is 0 Å². The van der Waals surface area contributed by atoms with E-state index in [2.05, 4.69) is 5.43 Å². The Labute approximate surface area is 144 Å². The average molecular weight is 343 g/mol. The molecule has 0 aromatic heterocycles. The number of hydrogen-bond donors (Lipinski definition) is 1. The number of benzene rings is 2. The van der Waals surface area contributed by atoms with Crippen molar-refractivity contribution >= 4 is 35.2 Å². The molecule has 0 saturated carbocycles. The van der Waals surface area contributed by atoms with Gasteiger partial charge in [-0.2, -0.15) is 0 Å². The molecule has 2 amide bonds. The van der Waals surface area contributed by atoms with Crippen LogP contribution in [-0.2, 0) is 9.59 Å². The van der Waals surface area contributed by atoms with Gasteiger partial charge in [0.05, 0.1) is 12.3 Å². The number of halogens is 1. The SMILES string of the molecule is CCOc1ccccc1/C=C1\C(=O)NN(c2cccc(Cl)c2)C1=O. The van der Waals surface area contributed by atoms with Crippen molar-refractivity contribution in [2.24, 2.45) is 0 Å². The van der Waals surface area contributed by atoms with Gasteiger partial charge in [0.1, 0.15) is 11.3 Å². The molecular weight excluding hydrogens is 328 g/mol. The van der Waals surface area contributed by atoms with Crippen LogP contribution in [0.15, 0.2) is 54.1 Å². The van der Waals surface area contributed by atoms with Gasteiger partial charge in [-0.3, -0.25) is 15.0 Å². The Morgan fingerprint density at radius 3 is 2.71 bits per heavy atom. The van der Waals surface area contributed by atoms with Crippen molar-refractivity contribution in [3.8, 4) is 5.75 Å². The second-order valence-corrected chi connectivity index (χ2v) is 5.53. The molecule has 0 aliphatic carbocycles. The van der Waals surface area contributed by atoms with E-state index in [1.807, 2.05) is 19.1 Å². The van der Waals surface area contributed by atoms with Gasteiger partial charge in [-0.15, -0.1) is 0 Å². The number of rotatable bonds is 4. The van der Waals surface area contributed by atoms with Crippen molar-refractivity contribution in [3.63, 3.8) is 0 Å². The summed E-state index contributed by atoms with van der Waals surface area (Å²) in [7, 11) is 0. The summed E-state index contributed by atoms with van der Waals surface area (Å²) in [5.74, 6) is -0.283. The molecule has 1 aliphatic heterocycles. The zero-order valence-corrected chi connectivity index (χ0v) is 13.7. The molecule has 5 nitrogen and oxygen atoms in total. The Balaban J connectivity index is 1.95. The predicted molar refractivity (Wildman–Crippen MR) is 92.7 cm³/mol. The molecule has 122 valence electrons. The summed E-state index contributed by atoms with van der Waals surface area (Å²) in [6.45, 7) is 2.37. The van der Waals surface area contributed by atoms with Crippen LogP contribution in [0.1, 0.15) is 12.5 Å². The minimum absolute atomic E-state index is 0.0436. The lowest BCUT2D eigenvalue weighted by Crippen LogP contribution is -2.35. The van der Waals surface area contributed by atoms with Crippen molar-refractivity contribution in [2.75, 3.05) is 11.6 Å². The molecule has 1 saturated heterocycles. The quantitative estimate of drug-likeness (QED) is 0.685. The molecule has 1 N–H and O–H groups in total. The van der Waals surface area contributed by atoms with Crippen LogP contribution in [0, 0.1) is 0 Å². The molecule has 1 fully saturated rings. The number of anilines is 1. The zero-order valence-electron chi connectivity index (χ0n) is 13.0. The van der Waals surface area contributed by atoms with Gasteiger partial charge in [-0.05, 0) is 37.3 Å². The smallest absolute Gasteiger partial charge is 0.282 e. The number of carbonyl (C=O) groups is 2. The van der Waals surface area contributed by atoms with Crippen LogP contribution in [0.2, 0.25) is 5.02 Å². The van der Waals surface area contributed by atoms with Crippen molar-refractivity contribution in [3.05, 3.63) is 64.7 Å². The molecule has 0 bridgehead atoms. The highest BCUT2D eigenvalue weighted by Gasteiger charge is 2.34. The molecule has 0 atom stereocenters. The van der Waals surface area contributed by atoms with Gasteiger partial charge in [0.25, 0.3) is 11.8 Å². The Kier molecular flexibility index (Phi) is 4.53. The van der Waals surface area contributed by atoms with Gasteiger partial charge in [0.15, 0.2) is 0 Å². The van der Waals surface area contributed by atoms with Crippen LogP contribution in [0.4, 0.5) is 5.69 Å². The van der Waals surface area contributed by atoms with Crippen molar-refractivity contribution in [1.82, 2.24) is 5.43 Å². The van der Waals surface area contributed by atoms with Crippen LogP contribution >= 0.6 is 11.6 Å². The van der Waals surface area contributed by atoms with E-state index in [1.165, 1.54) is 11.1 Å². The molecule has 3 rings (SSSR count). The number of hydrogen-bond acceptors (Lipinski definition) is 3. The predicted octanol–water partition coefficient (Wildman–Crippen LogP) is 3.20. The summed E-state index contributed by atoms with van der Waals surface area (Å²) in [4.78, 5) is 24.8. The van der Waals surface area contributed by atoms with E-state index in [-0.39, 0.29) is 5.57 Å². The van der Waals surface area contributed by atoms with Crippen LogP contribution in [0.25, 0.3) is 6.08 Å². The number of para-hydroxylation sites is 1. The highest BCUT2D eigenvalue weighted by atomic mass is 35.5.